The SMILES string of the molecule is CCCSc1nc(-c2ccccc2)c(C)c(C#N)c1C#N. The lowest BCUT2D eigenvalue weighted by molar-refractivity contribution is 1.06. The van der Waals surface area contributed by atoms with Gasteiger partial charge in [-0.15, -0.1) is 11.8 Å². The second-order valence-electron chi connectivity index (χ2n) is 4.58. The molecule has 1 heterocycles. The number of hydrogen-bond acceptors (Lipinski definition) is 4. The van der Waals surface area contributed by atoms with Gasteiger partial charge < -0.3 is 0 Å². The molecule has 0 spiro atoms. The summed E-state index contributed by atoms with van der Waals surface area (Å²) in [5, 5.41) is 19.4. The van der Waals surface area contributed by atoms with Gasteiger partial charge in [-0.2, -0.15) is 10.5 Å². The number of thioether (sulfide) groups is 1. The van der Waals surface area contributed by atoms with Gasteiger partial charge in [0.1, 0.15) is 22.7 Å². The average Bonchev–Trinajstić information content (AvgIpc) is 2.53. The second-order valence-corrected chi connectivity index (χ2v) is 5.66. The lowest BCUT2D eigenvalue weighted by Gasteiger charge is -2.12. The van der Waals surface area contributed by atoms with E-state index in [1.807, 2.05) is 37.3 Å². The van der Waals surface area contributed by atoms with Crippen LogP contribution in [-0.4, -0.2) is 10.7 Å². The van der Waals surface area contributed by atoms with Crippen LogP contribution in [-0.2, 0) is 0 Å². The van der Waals surface area contributed by atoms with Gasteiger partial charge in [0.25, 0.3) is 0 Å². The highest BCUT2D eigenvalue weighted by Crippen LogP contribution is 2.31. The van der Waals surface area contributed by atoms with Gasteiger partial charge in [0.2, 0.25) is 0 Å². The van der Waals surface area contributed by atoms with Crippen LogP contribution in [0.15, 0.2) is 35.4 Å². The maximum atomic E-state index is 9.41. The van der Waals surface area contributed by atoms with E-state index in [1.54, 1.807) is 0 Å². The van der Waals surface area contributed by atoms with E-state index >= 15 is 0 Å². The molecule has 0 fully saturated rings. The van der Waals surface area contributed by atoms with Crippen molar-refractivity contribution in [3.05, 3.63) is 47.0 Å². The molecule has 0 radical (unpaired) electrons. The van der Waals surface area contributed by atoms with Crippen molar-refractivity contribution < 1.29 is 0 Å². The normalized spacial score (nSPS) is 9.90. The van der Waals surface area contributed by atoms with Crippen LogP contribution >= 0.6 is 11.8 Å². The summed E-state index contributed by atoms with van der Waals surface area (Å²) in [6, 6.07) is 14.1. The van der Waals surface area contributed by atoms with Crippen LogP contribution in [0.3, 0.4) is 0 Å². The maximum Gasteiger partial charge on any atom is 0.116 e. The fourth-order valence-corrected chi connectivity index (χ4v) is 2.92. The first-order valence-corrected chi connectivity index (χ1v) is 7.74. The average molecular weight is 293 g/mol. The summed E-state index contributed by atoms with van der Waals surface area (Å²) in [4.78, 5) is 4.65. The number of nitriles is 2. The van der Waals surface area contributed by atoms with Crippen molar-refractivity contribution in [2.45, 2.75) is 25.3 Å². The van der Waals surface area contributed by atoms with Gasteiger partial charge in [-0.3, -0.25) is 0 Å². The largest absolute Gasteiger partial charge is 0.240 e. The van der Waals surface area contributed by atoms with Crippen molar-refractivity contribution in [1.29, 1.82) is 10.5 Å². The Labute approximate surface area is 129 Å². The summed E-state index contributed by atoms with van der Waals surface area (Å²) in [6.45, 7) is 3.93. The lowest BCUT2D eigenvalue weighted by atomic mass is 10.00. The van der Waals surface area contributed by atoms with Gasteiger partial charge in [0, 0.05) is 5.56 Å². The minimum absolute atomic E-state index is 0.396. The molecule has 0 N–H and O–H groups in total. The van der Waals surface area contributed by atoms with Crippen molar-refractivity contribution in [1.82, 2.24) is 4.98 Å². The smallest absolute Gasteiger partial charge is 0.116 e. The van der Waals surface area contributed by atoms with Crippen molar-refractivity contribution in [3.63, 3.8) is 0 Å². The highest BCUT2D eigenvalue weighted by molar-refractivity contribution is 7.99. The predicted octanol–water partition coefficient (Wildman–Crippen LogP) is 4.30. The van der Waals surface area contributed by atoms with Gasteiger partial charge in [-0.05, 0) is 24.7 Å². The Kier molecular flexibility index (Phi) is 4.98. The van der Waals surface area contributed by atoms with Gasteiger partial charge in [-0.1, -0.05) is 37.3 Å². The highest BCUT2D eigenvalue weighted by Gasteiger charge is 2.18. The molecule has 0 bridgehead atoms. The van der Waals surface area contributed by atoms with Gasteiger partial charge in [0.05, 0.1) is 11.3 Å². The Bertz CT molecular complexity index is 724. The van der Waals surface area contributed by atoms with E-state index in [1.165, 1.54) is 11.8 Å². The zero-order valence-corrected chi connectivity index (χ0v) is 12.9. The number of rotatable bonds is 4. The summed E-state index contributed by atoms with van der Waals surface area (Å²) in [5.41, 5.74) is 3.35. The van der Waals surface area contributed by atoms with E-state index in [4.69, 9.17) is 0 Å². The molecular weight excluding hydrogens is 278 g/mol. The zero-order valence-electron chi connectivity index (χ0n) is 12.1. The molecule has 1 aromatic carbocycles. The van der Waals surface area contributed by atoms with Crippen LogP contribution in [0.5, 0.6) is 0 Å². The standard InChI is InChI=1S/C17H15N3S/c1-3-9-21-17-15(11-19)14(10-18)12(2)16(20-17)13-7-5-4-6-8-13/h4-8H,3,9H2,1-2H3. The molecule has 0 amide bonds. The molecule has 104 valence electrons. The first-order chi connectivity index (χ1) is 10.2. The molecule has 1 aromatic heterocycles. The summed E-state index contributed by atoms with van der Waals surface area (Å²) >= 11 is 1.53. The van der Waals surface area contributed by atoms with E-state index in [0.29, 0.717) is 16.2 Å². The Hall–Kier alpha value is -2.30. The van der Waals surface area contributed by atoms with Crippen molar-refractivity contribution in [3.8, 4) is 23.4 Å². The minimum atomic E-state index is 0.396. The fraction of sp³-hybridized carbons (Fsp3) is 0.235. The van der Waals surface area contributed by atoms with Crippen LogP contribution in [0, 0.1) is 29.6 Å². The van der Waals surface area contributed by atoms with E-state index < -0.39 is 0 Å². The van der Waals surface area contributed by atoms with Crippen LogP contribution in [0.25, 0.3) is 11.3 Å². The second kappa shape index (κ2) is 6.92. The first kappa shape index (κ1) is 15.1. The molecule has 0 aliphatic rings. The molecule has 2 rings (SSSR count). The summed E-state index contributed by atoms with van der Waals surface area (Å²) in [7, 11) is 0. The predicted molar refractivity (Wildman–Crippen MR) is 84.9 cm³/mol. The van der Waals surface area contributed by atoms with Crippen molar-refractivity contribution >= 4 is 11.8 Å². The third kappa shape index (κ3) is 3.07. The summed E-state index contributed by atoms with van der Waals surface area (Å²) in [6.07, 6.45) is 0.994. The van der Waals surface area contributed by atoms with Crippen LogP contribution in [0.1, 0.15) is 30.0 Å². The van der Waals surface area contributed by atoms with Gasteiger partial charge in [0.15, 0.2) is 0 Å². The summed E-state index contributed by atoms with van der Waals surface area (Å²) in [5.74, 6) is 0.879. The Balaban J connectivity index is 2.68. The Morgan fingerprint density at radius 3 is 2.33 bits per heavy atom. The van der Waals surface area contributed by atoms with E-state index in [0.717, 1.165) is 29.0 Å². The molecular formula is C17H15N3S. The van der Waals surface area contributed by atoms with Crippen LogP contribution < -0.4 is 0 Å². The molecule has 0 unspecified atom stereocenters. The molecule has 0 saturated carbocycles. The van der Waals surface area contributed by atoms with E-state index in [-0.39, 0.29) is 0 Å². The first-order valence-electron chi connectivity index (χ1n) is 6.76. The number of benzene rings is 1. The van der Waals surface area contributed by atoms with Crippen LogP contribution in [0.4, 0.5) is 0 Å². The number of hydrogen-bond donors (Lipinski definition) is 0. The van der Waals surface area contributed by atoms with Gasteiger partial charge >= 0.3 is 0 Å². The minimum Gasteiger partial charge on any atom is -0.240 e. The fourth-order valence-electron chi connectivity index (χ4n) is 2.08. The zero-order chi connectivity index (χ0) is 15.2. The molecule has 0 aliphatic heterocycles. The van der Waals surface area contributed by atoms with E-state index in [9.17, 15) is 10.5 Å². The topological polar surface area (TPSA) is 60.5 Å². The lowest BCUT2D eigenvalue weighted by Crippen LogP contribution is -2.00. The number of pyridine rings is 1. The molecule has 0 saturated heterocycles. The third-order valence-corrected chi connectivity index (χ3v) is 4.30. The molecule has 21 heavy (non-hydrogen) atoms. The van der Waals surface area contributed by atoms with Gasteiger partial charge in [-0.25, -0.2) is 4.98 Å². The van der Waals surface area contributed by atoms with Crippen molar-refractivity contribution in [2.75, 3.05) is 5.75 Å². The molecule has 0 atom stereocenters. The quantitative estimate of drug-likeness (QED) is 0.788. The Morgan fingerprint density at radius 2 is 1.76 bits per heavy atom. The number of nitrogens with zero attached hydrogens (tertiary/aromatic N) is 3. The molecule has 4 heteroatoms. The molecule has 0 aliphatic carbocycles. The van der Waals surface area contributed by atoms with Crippen LogP contribution in [0.2, 0.25) is 0 Å². The Morgan fingerprint density at radius 1 is 1.10 bits per heavy atom. The third-order valence-electron chi connectivity index (χ3n) is 3.12. The monoisotopic (exact) mass is 293 g/mol. The molecule has 2 aromatic rings. The molecule has 3 nitrogen and oxygen atoms in total. The summed E-state index contributed by atoms with van der Waals surface area (Å²) < 4.78 is 0. The van der Waals surface area contributed by atoms with Crippen molar-refractivity contribution in [2.24, 2.45) is 0 Å². The highest BCUT2D eigenvalue weighted by atomic mass is 32.2. The maximum absolute atomic E-state index is 9.41. The number of aromatic nitrogens is 1. The van der Waals surface area contributed by atoms with E-state index in [2.05, 4.69) is 24.0 Å².